The number of esters is 1. The number of carbonyl (C=O) groups excluding carboxylic acids is 1. The number of halogens is 3. The Kier molecular flexibility index (Phi) is 4.80. The van der Waals surface area contributed by atoms with Crippen molar-refractivity contribution in [1.82, 2.24) is 0 Å². The molecule has 0 radical (unpaired) electrons. The Morgan fingerprint density at radius 3 is 2.56 bits per heavy atom. The summed E-state index contributed by atoms with van der Waals surface area (Å²) < 4.78 is 51.5. The van der Waals surface area contributed by atoms with Gasteiger partial charge in [0.15, 0.2) is 0 Å². The van der Waals surface area contributed by atoms with Crippen LogP contribution in [-0.2, 0) is 20.3 Å². The van der Waals surface area contributed by atoms with E-state index in [1.54, 1.807) is 0 Å². The quantitative estimate of drug-likeness (QED) is 0.788. The second kappa shape index (κ2) is 5.75. The fraction of sp³-hybridized carbons (Fsp3) is 0.300. The van der Waals surface area contributed by atoms with Gasteiger partial charge in [-0.3, -0.25) is 0 Å². The molecule has 0 atom stereocenters. The first-order valence-corrected chi connectivity index (χ1v) is 7.15. The van der Waals surface area contributed by atoms with E-state index in [1.807, 2.05) is 0 Å². The maximum Gasteiger partial charge on any atom is 0.337 e. The van der Waals surface area contributed by atoms with Gasteiger partial charge in [-0.05, 0) is 23.8 Å². The molecule has 0 aliphatic rings. The molecule has 100 valence electrons. The molecule has 18 heavy (non-hydrogen) atoms. The molecule has 1 aromatic rings. The fourth-order valence-corrected chi connectivity index (χ4v) is 2.58. The van der Waals surface area contributed by atoms with E-state index in [2.05, 4.69) is 20.7 Å². The number of hydrogen-bond donors (Lipinski definition) is 0. The Balaban J connectivity index is 3.13. The lowest BCUT2D eigenvalue weighted by Gasteiger charge is -2.07. The van der Waals surface area contributed by atoms with E-state index in [0.29, 0.717) is 4.47 Å². The molecule has 0 bridgehead atoms. The summed E-state index contributed by atoms with van der Waals surface area (Å²) in [6.07, 6.45) is 0. The summed E-state index contributed by atoms with van der Waals surface area (Å²) in [4.78, 5) is 11.2. The van der Waals surface area contributed by atoms with Crippen molar-refractivity contribution in [3.63, 3.8) is 0 Å². The summed E-state index contributed by atoms with van der Waals surface area (Å²) in [7, 11) is -3.37. The van der Waals surface area contributed by atoms with Crippen LogP contribution in [-0.4, -0.2) is 27.3 Å². The van der Waals surface area contributed by atoms with E-state index in [1.165, 1.54) is 25.3 Å². The molecule has 0 N–H and O–H groups in total. The maximum absolute atomic E-state index is 12.3. The number of hydrogen-bond acceptors (Lipinski definition) is 4. The number of methoxy groups -OCH3 is 1. The zero-order valence-electron chi connectivity index (χ0n) is 9.19. The zero-order chi connectivity index (χ0) is 13.9. The number of ether oxygens (including phenoxy) is 1. The normalized spacial score (nSPS) is 11.6. The molecule has 1 rings (SSSR count). The third-order valence-electron chi connectivity index (χ3n) is 2.09. The molecule has 1 aromatic carbocycles. The third-order valence-corrected chi connectivity index (χ3v) is 4.12. The standard InChI is InChI=1S/C10H9BrF2O4S/c1-17-9(14)6-2-3-8(11)7(4-6)5-18(15,16)10(12)13/h2-4,10H,5H2,1H3. The number of rotatable bonds is 4. The zero-order valence-corrected chi connectivity index (χ0v) is 11.6. The summed E-state index contributed by atoms with van der Waals surface area (Å²) in [5.41, 5.74) is 0.179. The summed E-state index contributed by atoms with van der Waals surface area (Å²) >= 11 is 3.04. The van der Waals surface area contributed by atoms with E-state index < -0.39 is 27.3 Å². The van der Waals surface area contributed by atoms with Gasteiger partial charge in [0.05, 0.1) is 18.4 Å². The van der Waals surface area contributed by atoms with Crippen LogP contribution < -0.4 is 0 Å². The largest absolute Gasteiger partial charge is 0.465 e. The first-order chi connectivity index (χ1) is 8.27. The Morgan fingerprint density at radius 2 is 2.06 bits per heavy atom. The van der Waals surface area contributed by atoms with Gasteiger partial charge in [-0.2, -0.15) is 8.78 Å². The van der Waals surface area contributed by atoms with Gasteiger partial charge in [-0.1, -0.05) is 15.9 Å². The average molecular weight is 343 g/mol. The third kappa shape index (κ3) is 3.49. The monoisotopic (exact) mass is 342 g/mol. The van der Waals surface area contributed by atoms with Crippen LogP contribution in [0.5, 0.6) is 0 Å². The van der Waals surface area contributed by atoms with Crippen LogP contribution in [0.3, 0.4) is 0 Å². The molecule has 0 aliphatic carbocycles. The number of carbonyl (C=O) groups is 1. The van der Waals surface area contributed by atoms with Crippen molar-refractivity contribution in [3.8, 4) is 0 Å². The molecule has 0 saturated heterocycles. The number of alkyl halides is 2. The highest BCUT2D eigenvalue weighted by molar-refractivity contribution is 9.10. The highest BCUT2D eigenvalue weighted by Crippen LogP contribution is 2.23. The van der Waals surface area contributed by atoms with Crippen LogP contribution in [0.15, 0.2) is 22.7 Å². The molecule has 0 spiro atoms. The molecule has 0 saturated carbocycles. The molecular formula is C10H9BrF2O4S. The van der Waals surface area contributed by atoms with Crippen LogP contribution in [0.25, 0.3) is 0 Å². The van der Waals surface area contributed by atoms with E-state index in [9.17, 15) is 22.0 Å². The SMILES string of the molecule is COC(=O)c1ccc(Br)c(CS(=O)(=O)C(F)F)c1. The minimum atomic E-state index is -4.54. The van der Waals surface area contributed by atoms with E-state index >= 15 is 0 Å². The van der Waals surface area contributed by atoms with Gasteiger partial charge >= 0.3 is 11.7 Å². The van der Waals surface area contributed by atoms with Crippen molar-refractivity contribution in [3.05, 3.63) is 33.8 Å². The van der Waals surface area contributed by atoms with Crippen molar-refractivity contribution < 1.29 is 26.7 Å². The molecule has 0 amide bonds. The molecule has 0 aromatic heterocycles. The Bertz CT molecular complexity index is 557. The van der Waals surface area contributed by atoms with E-state index in [-0.39, 0.29) is 11.1 Å². The van der Waals surface area contributed by atoms with E-state index in [4.69, 9.17) is 0 Å². The molecule has 0 fully saturated rings. The second-order valence-electron chi connectivity index (χ2n) is 3.37. The van der Waals surface area contributed by atoms with Crippen LogP contribution in [0.2, 0.25) is 0 Å². The lowest BCUT2D eigenvalue weighted by molar-refractivity contribution is 0.0600. The highest BCUT2D eigenvalue weighted by atomic mass is 79.9. The average Bonchev–Trinajstić information content (AvgIpc) is 2.30. The van der Waals surface area contributed by atoms with Gasteiger partial charge in [0.25, 0.3) is 0 Å². The Morgan fingerprint density at radius 1 is 1.44 bits per heavy atom. The van der Waals surface area contributed by atoms with Crippen LogP contribution >= 0.6 is 15.9 Å². The van der Waals surface area contributed by atoms with Gasteiger partial charge < -0.3 is 4.74 Å². The molecule has 0 aliphatic heterocycles. The Labute approximate surface area is 111 Å². The first-order valence-electron chi connectivity index (χ1n) is 4.64. The predicted octanol–water partition coefficient (Wildman–Crippen LogP) is 2.37. The molecular weight excluding hydrogens is 334 g/mol. The topological polar surface area (TPSA) is 60.4 Å². The van der Waals surface area contributed by atoms with Gasteiger partial charge in [-0.15, -0.1) is 0 Å². The number of benzene rings is 1. The highest BCUT2D eigenvalue weighted by Gasteiger charge is 2.25. The minimum absolute atomic E-state index is 0.0817. The Hall–Kier alpha value is -1.02. The molecule has 0 unspecified atom stereocenters. The maximum atomic E-state index is 12.3. The van der Waals surface area contributed by atoms with Crippen molar-refractivity contribution in [2.45, 2.75) is 11.5 Å². The van der Waals surface area contributed by atoms with Crippen LogP contribution in [0, 0.1) is 0 Å². The lowest BCUT2D eigenvalue weighted by Crippen LogP contribution is -2.14. The van der Waals surface area contributed by atoms with Gasteiger partial charge in [0.1, 0.15) is 0 Å². The number of sulfone groups is 1. The van der Waals surface area contributed by atoms with Crippen LogP contribution in [0.1, 0.15) is 15.9 Å². The van der Waals surface area contributed by atoms with Crippen LogP contribution in [0.4, 0.5) is 8.78 Å². The first kappa shape index (κ1) is 15.0. The lowest BCUT2D eigenvalue weighted by atomic mass is 10.1. The van der Waals surface area contributed by atoms with Crippen molar-refractivity contribution >= 4 is 31.7 Å². The predicted molar refractivity (Wildman–Crippen MR) is 64.1 cm³/mol. The van der Waals surface area contributed by atoms with E-state index in [0.717, 1.165) is 0 Å². The van der Waals surface area contributed by atoms with Gasteiger partial charge in [-0.25, -0.2) is 13.2 Å². The smallest absolute Gasteiger partial charge is 0.337 e. The summed E-state index contributed by atoms with van der Waals surface area (Å²) in [6.45, 7) is 0. The fourth-order valence-electron chi connectivity index (χ4n) is 1.21. The van der Waals surface area contributed by atoms with Crippen molar-refractivity contribution in [2.24, 2.45) is 0 Å². The molecule has 4 nitrogen and oxygen atoms in total. The second-order valence-corrected chi connectivity index (χ2v) is 6.19. The van der Waals surface area contributed by atoms with Crippen molar-refractivity contribution in [1.29, 1.82) is 0 Å². The molecule has 0 heterocycles. The van der Waals surface area contributed by atoms with Gasteiger partial charge in [0, 0.05) is 4.47 Å². The summed E-state index contributed by atoms with van der Waals surface area (Å²) in [6, 6.07) is 4.01. The molecule has 8 heteroatoms. The summed E-state index contributed by atoms with van der Waals surface area (Å²) in [5.74, 6) is -4.97. The summed E-state index contributed by atoms with van der Waals surface area (Å²) in [5, 5.41) is 0. The minimum Gasteiger partial charge on any atom is -0.465 e. The van der Waals surface area contributed by atoms with Crippen molar-refractivity contribution in [2.75, 3.05) is 7.11 Å². The van der Waals surface area contributed by atoms with Gasteiger partial charge in [0.2, 0.25) is 9.84 Å².